The lowest BCUT2D eigenvalue weighted by Gasteiger charge is -2.22. The number of hydrogen-bond acceptors (Lipinski definition) is 3. The SMILES string of the molecule is Cc1nc(N)c2c(C)c(C)n(CCC3CCCCC3)c2n1. The van der Waals surface area contributed by atoms with Crippen LogP contribution in [0.5, 0.6) is 0 Å². The molecule has 0 bridgehead atoms. The van der Waals surface area contributed by atoms with Crippen LogP contribution in [-0.4, -0.2) is 14.5 Å². The third-order valence-electron chi connectivity index (χ3n) is 5.09. The van der Waals surface area contributed by atoms with E-state index in [2.05, 4.69) is 28.4 Å². The lowest BCUT2D eigenvalue weighted by molar-refractivity contribution is 0.324. The van der Waals surface area contributed by atoms with Crippen LogP contribution in [0.2, 0.25) is 0 Å². The van der Waals surface area contributed by atoms with Crippen molar-refractivity contribution < 1.29 is 0 Å². The molecule has 1 saturated carbocycles. The van der Waals surface area contributed by atoms with Gasteiger partial charge in [0, 0.05) is 12.2 Å². The molecule has 0 aromatic carbocycles. The van der Waals surface area contributed by atoms with Crippen LogP contribution in [0.1, 0.15) is 55.6 Å². The van der Waals surface area contributed by atoms with Crippen LogP contribution in [0, 0.1) is 26.7 Å². The number of aryl methyl sites for hydroxylation is 3. The van der Waals surface area contributed by atoms with E-state index >= 15 is 0 Å². The Morgan fingerprint density at radius 3 is 2.52 bits per heavy atom. The minimum absolute atomic E-state index is 0.620. The zero-order chi connectivity index (χ0) is 15.0. The molecule has 0 saturated heterocycles. The molecule has 114 valence electrons. The van der Waals surface area contributed by atoms with Crippen molar-refractivity contribution in [1.82, 2.24) is 14.5 Å². The minimum Gasteiger partial charge on any atom is -0.383 e. The molecule has 21 heavy (non-hydrogen) atoms. The van der Waals surface area contributed by atoms with Crippen LogP contribution in [0.3, 0.4) is 0 Å². The number of nitrogens with two attached hydrogens (primary N) is 1. The van der Waals surface area contributed by atoms with E-state index in [-0.39, 0.29) is 0 Å². The fourth-order valence-corrected chi connectivity index (χ4v) is 3.74. The fourth-order valence-electron chi connectivity index (χ4n) is 3.74. The first kappa shape index (κ1) is 14.4. The van der Waals surface area contributed by atoms with Crippen molar-refractivity contribution in [2.75, 3.05) is 5.73 Å². The molecule has 2 aromatic rings. The lowest BCUT2D eigenvalue weighted by Crippen LogP contribution is -2.11. The Morgan fingerprint density at radius 1 is 1.10 bits per heavy atom. The molecular weight excluding hydrogens is 260 g/mol. The van der Waals surface area contributed by atoms with Crippen molar-refractivity contribution in [3.05, 3.63) is 17.1 Å². The maximum Gasteiger partial charge on any atom is 0.146 e. The second-order valence-electron chi connectivity index (χ2n) is 6.51. The van der Waals surface area contributed by atoms with E-state index in [0.29, 0.717) is 5.82 Å². The molecule has 0 aliphatic heterocycles. The van der Waals surface area contributed by atoms with E-state index in [4.69, 9.17) is 5.73 Å². The highest BCUT2D eigenvalue weighted by atomic mass is 15.1. The molecule has 1 aliphatic carbocycles. The van der Waals surface area contributed by atoms with Crippen molar-refractivity contribution in [1.29, 1.82) is 0 Å². The van der Waals surface area contributed by atoms with Crippen molar-refractivity contribution in [2.24, 2.45) is 5.92 Å². The number of fused-ring (bicyclic) bond motifs is 1. The van der Waals surface area contributed by atoms with Gasteiger partial charge in [0.2, 0.25) is 0 Å². The molecule has 4 nitrogen and oxygen atoms in total. The molecule has 2 N–H and O–H groups in total. The molecule has 4 heteroatoms. The van der Waals surface area contributed by atoms with E-state index < -0.39 is 0 Å². The fraction of sp³-hybridized carbons (Fsp3) is 0.647. The topological polar surface area (TPSA) is 56.7 Å². The lowest BCUT2D eigenvalue weighted by atomic mass is 9.87. The molecule has 3 rings (SSSR count). The zero-order valence-corrected chi connectivity index (χ0v) is 13.4. The third-order valence-corrected chi connectivity index (χ3v) is 5.09. The molecule has 2 aromatic heterocycles. The molecular formula is C17H26N4. The van der Waals surface area contributed by atoms with Gasteiger partial charge in [0.15, 0.2) is 0 Å². The van der Waals surface area contributed by atoms with Gasteiger partial charge in [-0.05, 0) is 38.7 Å². The summed E-state index contributed by atoms with van der Waals surface area (Å²) >= 11 is 0. The van der Waals surface area contributed by atoms with Gasteiger partial charge in [-0.3, -0.25) is 0 Å². The second kappa shape index (κ2) is 5.66. The van der Waals surface area contributed by atoms with Crippen molar-refractivity contribution >= 4 is 16.9 Å². The zero-order valence-electron chi connectivity index (χ0n) is 13.4. The third kappa shape index (κ3) is 2.63. The molecule has 1 fully saturated rings. The molecule has 0 unspecified atom stereocenters. The number of hydrogen-bond donors (Lipinski definition) is 1. The van der Waals surface area contributed by atoms with Crippen LogP contribution in [-0.2, 0) is 6.54 Å². The highest BCUT2D eigenvalue weighted by Gasteiger charge is 2.18. The predicted molar refractivity (Wildman–Crippen MR) is 87.3 cm³/mol. The Hall–Kier alpha value is -1.58. The summed E-state index contributed by atoms with van der Waals surface area (Å²) in [7, 11) is 0. The van der Waals surface area contributed by atoms with Crippen LogP contribution < -0.4 is 5.73 Å². The Morgan fingerprint density at radius 2 is 1.81 bits per heavy atom. The van der Waals surface area contributed by atoms with Crippen molar-refractivity contribution in [3.8, 4) is 0 Å². The van der Waals surface area contributed by atoms with Crippen LogP contribution >= 0.6 is 0 Å². The van der Waals surface area contributed by atoms with Gasteiger partial charge >= 0.3 is 0 Å². The summed E-state index contributed by atoms with van der Waals surface area (Å²) in [5.41, 5.74) is 9.65. The Kier molecular flexibility index (Phi) is 3.87. The number of nitrogens with zero attached hydrogens (tertiary/aromatic N) is 3. The Balaban J connectivity index is 1.92. The number of anilines is 1. The monoisotopic (exact) mass is 286 g/mol. The predicted octanol–water partition coefficient (Wildman–Crippen LogP) is 3.91. The highest BCUT2D eigenvalue weighted by molar-refractivity contribution is 5.91. The van der Waals surface area contributed by atoms with E-state index in [0.717, 1.165) is 29.3 Å². The van der Waals surface area contributed by atoms with Gasteiger partial charge in [0.05, 0.1) is 5.39 Å². The molecule has 1 aliphatic rings. The highest BCUT2D eigenvalue weighted by Crippen LogP contribution is 2.30. The summed E-state index contributed by atoms with van der Waals surface area (Å²) < 4.78 is 2.35. The van der Waals surface area contributed by atoms with Gasteiger partial charge in [-0.2, -0.15) is 0 Å². The van der Waals surface area contributed by atoms with Gasteiger partial charge < -0.3 is 10.3 Å². The largest absolute Gasteiger partial charge is 0.383 e. The summed E-state index contributed by atoms with van der Waals surface area (Å²) in [6, 6.07) is 0. The summed E-state index contributed by atoms with van der Waals surface area (Å²) in [5.74, 6) is 2.27. The smallest absolute Gasteiger partial charge is 0.146 e. The van der Waals surface area contributed by atoms with E-state index in [1.54, 1.807) is 0 Å². The maximum absolute atomic E-state index is 6.11. The summed E-state index contributed by atoms with van der Waals surface area (Å²) in [4.78, 5) is 8.97. The van der Waals surface area contributed by atoms with E-state index in [1.807, 2.05) is 6.92 Å². The molecule has 0 spiro atoms. The summed E-state index contributed by atoms with van der Waals surface area (Å²) in [6.07, 6.45) is 8.28. The van der Waals surface area contributed by atoms with E-state index in [1.165, 1.54) is 49.8 Å². The van der Waals surface area contributed by atoms with E-state index in [9.17, 15) is 0 Å². The normalized spacial score (nSPS) is 16.7. The maximum atomic E-state index is 6.11. The Labute approximate surface area is 126 Å². The standard InChI is InChI=1S/C17H26N4/c1-11-12(2)21(10-9-14-7-5-4-6-8-14)17-15(11)16(18)19-13(3)20-17/h14H,4-10H2,1-3H3,(H2,18,19,20). The Bertz CT molecular complexity index is 651. The van der Waals surface area contributed by atoms with Crippen LogP contribution in [0.15, 0.2) is 0 Å². The van der Waals surface area contributed by atoms with Crippen molar-refractivity contribution in [2.45, 2.75) is 65.8 Å². The second-order valence-corrected chi connectivity index (χ2v) is 6.51. The first-order chi connectivity index (χ1) is 10.1. The first-order valence-corrected chi connectivity index (χ1v) is 8.17. The average molecular weight is 286 g/mol. The number of aromatic nitrogens is 3. The molecule has 0 radical (unpaired) electrons. The van der Waals surface area contributed by atoms with Gasteiger partial charge in [-0.1, -0.05) is 32.1 Å². The van der Waals surface area contributed by atoms with Gasteiger partial charge in [-0.15, -0.1) is 0 Å². The molecule has 2 heterocycles. The minimum atomic E-state index is 0.620. The number of rotatable bonds is 3. The van der Waals surface area contributed by atoms with Gasteiger partial charge in [-0.25, -0.2) is 9.97 Å². The molecule has 0 atom stereocenters. The number of nitrogen functional groups attached to an aromatic ring is 1. The average Bonchev–Trinajstić information content (AvgIpc) is 2.70. The van der Waals surface area contributed by atoms with Crippen LogP contribution in [0.25, 0.3) is 11.0 Å². The van der Waals surface area contributed by atoms with Crippen molar-refractivity contribution in [3.63, 3.8) is 0 Å². The van der Waals surface area contributed by atoms with Crippen LogP contribution in [0.4, 0.5) is 5.82 Å². The van der Waals surface area contributed by atoms with Gasteiger partial charge in [0.1, 0.15) is 17.3 Å². The first-order valence-electron chi connectivity index (χ1n) is 8.17. The summed E-state index contributed by atoms with van der Waals surface area (Å²) in [5, 5.41) is 1.04. The molecule has 0 amide bonds. The summed E-state index contributed by atoms with van der Waals surface area (Å²) in [6.45, 7) is 7.27. The van der Waals surface area contributed by atoms with Gasteiger partial charge in [0.25, 0.3) is 0 Å². The quantitative estimate of drug-likeness (QED) is 0.930.